The third-order valence-corrected chi connectivity index (χ3v) is 5.66. The van der Waals surface area contributed by atoms with Crippen LogP contribution in [0.2, 0.25) is 0 Å². The molecule has 4 aromatic rings. The van der Waals surface area contributed by atoms with Crippen LogP contribution in [0.15, 0.2) is 60.2 Å². The number of unbranched alkanes of at least 4 members (excludes halogenated alkanes) is 1. The highest BCUT2D eigenvalue weighted by molar-refractivity contribution is 7.17. The van der Waals surface area contributed by atoms with Gasteiger partial charge < -0.3 is 5.32 Å². The molecule has 29 heavy (non-hydrogen) atoms. The fourth-order valence-corrected chi connectivity index (χ4v) is 4.16. The van der Waals surface area contributed by atoms with Gasteiger partial charge in [-0.3, -0.25) is 10.1 Å². The van der Waals surface area contributed by atoms with Gasteiger partial charge in [0.1, 0.15) is 17.0 Å². The first-order chi connectivity index (χ1) is 14.2. The van der Waals surface area contributed by atoms with E-state index in [2.05, 4.69) is 46.5 Å². The van der Waals surface area contributed by atoms with E-state index >= 15 is 0 Å². The Hall–Kier alpha value is -3.32. The monoisotopic (exact) mass is 404 g/mol. The van der Waals surface area contributed by atoms with Crippen molar-refractivity contribution in [2.75, 3.05) is 5.32 Å². The standard InChI is InChI=1S/C22H20N4O2S/c1-2-3-5-15-8-10-17(11-9-15)25-21-20-19(13-29-22(20)24-14-23-21)16-6-4-7-18(12-16)26(27)28/h4,6-14H,2-3,5H2,1H3,(H,23,24,25). The number of hydrogen-bond donors (Lipinski definition) is 1. The number of thiophene rings is 1. The molecule has 146 valence electrons. The predicted molar refractivity (Wildman–Crippen MR) is 118 cm³/mol. The fraction of sp³-hybridized carbons (Fsp3) is 0.182. The zero-order valence-electron chi connectivity index (χ0n) is 16.0. The molecule has 0 aliphatic heterocycles. The van der Waals surface area contributed by atoms with E-state index < -0.39 is 0 Å². The molecule has 4 rings (SSSR count). The van der Waals surface area contributed by atoms with Gasteiger partial charge in [0.25, 0.3) is 5.69 Å². The number of rotatable bonds is 7. The van der Waals surface area contributed by atoms with E-state index in [0.717, 1.165) is 33.5 Å². The van der Waals surface area contributed by atoms with Crippen LogP contribution < -0.4 is 5.32 Å². The molecule has 0 saturated carbocycles. The minimum absolute atomic E-state index is 0.0656. The van der Waals surface area contributed by atoms with E-state index in [0.29, 0.717) is 5.82 Å². The number of aryl methyl sites for hydroxylation is 1. The van der Waals surface area contributed by atoms with Gasteiger partial charge in [-0.05, 0) is 36.1 Å². The largest absolute Gasteiger partial charge is 0.340 e. The number of non-ortho nitro benzene ring substituents is 1. The summed E-state index contributed by atoms with van der Waals surface area (Å²) in [7, 11) is 0. The molecular weight excluding hydrogens is 384 g/mol. The van der Waals surface area contributed by atoms with Crippen molar-refractivity contribution in [2.45, 2.75) is 26.2 Å². The minimum atomic E-state index is -0.381. The Morgan fingerprint density at radius 1 is 1.14 bits per heavy atom. The molecule has 0 saturated heterocycles. The van der Waals surface area contributed by atoms with Crippen LogP contribution in [0.5, 0.6) is 0 Å². The maximum atomic E-state index is 11.2. The van der Waals surface area contributed by atoms with Crippen LogP contribution in [0.3, 0.4) is 0 Å². The van der Waals surface area contributed by atoms with E-state index in [-0.39, 0.29) is 10.6 Å². The summed E-state index contributed by atoms with van der Waals surface area (Å²) in [5.74, 6) is 0.694. The maximum Gasteiger partial charge on any atom is 0.270 e. The molecule has 0 aliphatic rings. The van der Waals surface area contributed by atoms with Gasteiger partial charge in [-0.2, -0.15) is 0 Å². The molecule has 2 aromatic heterocycles. The van der Waals surface area contributed by atoms with Crippen LogP contribution in [-0.4, -0.2) is 14.9 Å². The summed E-state index contributed by atoms with van der Waals surface area (Å²) in [5.41, 5.74) is 3.99. The van der Waals surface area contributed by atoms with Crippen molar-refractivity contribution >= 4 is 38.7 Å². The Morgan fingerprint density at radius 2 is 1.97 bits per heavy atom. The number of nitrogens with zero attached hydrogens (tertiary/aromatic N) is 3. The SMILES string of the molecule is CCCCc1ccc(Nc2ncnc3scc(-c4cccc([N+](=O)[O-])c4)c23)cc1. The number of anilines is 2. The van der Waals surface area contributed by atoms with Gasteiger partial charge in [0.15, 0.2) is 0 Å². The molecule has 2 aromatic carbocycles. The van der Waals surface area contributed by atoms with Gasteiger partial charge in [-0.15, -0.1) is 11.3 Å². The molecule has 0 spiro atoms. The third-order valence-electron chi connectivity index (χ3n) is 4.77. The summed E-state index contributed by atoms with van der Waals surface area (Å²) < 4.78 is 0. The first-order valence-corrected chi connectivity index (χ1v) is 10.4. The Morgan fingerprint density at radius 3 is 2.72 bits per heavy atom. The van der Waals surface area contributed by atoms with E-state index in [1.165, 1.54) is 42.1 Å². The molecule has 0 bridgehead atoms. The molecule has 1 N–H and O–H groups in total. The number of nitro groups is 1. The van der Waals surface area contributed by atoms with E-state index in [4.69, 9.17) is 0 Å². The lowest BCUT2D eigenvalue weighted by atomic mass is 10.1. The van der Waals surface area contributed by atoms with Crippen molar-refractivity contribution in [3.05, 3.63) is 75.9 Å². The number of hydrogen-bond acceptors (Lipinski definition) is 6. The molecule has 0 radical (unpaired) electrons. The Labute approximate surface area is 172 Å². The number of benzene rings is 2. The lowest BCUT2D eigenvalue weighted by Gasteiger charge is -2.09. The van der Waals surface area contributed by atoms with Gasteiger partial charge in [-0.1, -0.05) is 37.6 Å². The van der Waals surface area contributed by atoms with Crippen molar-refractivity contribution in [1.82, 2.24) is 9.97 Å². The molecule has 2 heterocycles. The lowest BCUT2D eigenvalue weighted by Crippen LogP contribution is -1.96. The van der Waals surface area contributed by atoms with Crippen molar-refractivity contribution in [3.8, 4) is 11.1 Å². The molecule has 0 aliphatic carbocycles. The lowest BCUT2D eigenvalue weighted by molar-refractivity contribution is -0.384. The van der Waals surface area contributed by atoms with Gasteiger partial charge in [0.2, 0.25) is 0 Å². The smallest absolute Gasteiger partial charge is 0.270 e. The Kier molecular flexibility index (Phi) is 5.48. The van der Waals surface area contributed by atoms with Crippen LogP contribution in [0.1, 0.15) is 25.3 Å². The van der Waals surface area contributed by atoms with E-state index in [1.54, 1.807) is 12.1 Å². The zero-order chi connectivity index (χ0) is 20.2. The van der Waals surface area contributed by atoms with Crippen LogP contribution in [0.4, 0.5) is 17.2 Å². The first kappa shape index (κ1) is 19.0. The van der Waals surface area contributed by atoms with Gasteiger partial charge in [0, 0.05) is 28.8 Å². The summed E-state index contributed by atoms with van der Waals surface area (Å²) >= 11 is 1.50. The zero-order valence-corrected chi connectivity index (χ0v) is 16.8. The topological polar surface area (TPSA) is 81.0 Å². The number of aromatic nitrogens is 2. The second-order valence-electron chi connectivity index (χ2n) is 6.78. The van der Waals surface area contributed by atoms with Crippen LogP contribution in [0, 0.1) is 10.1 Å². The highest BCUT2D eigenvalue weighted by Crippen LogP contribution is 2.38. The summed E-state index contributed by atoms with van der Waals surface area (Å²) in [6.07, 6.45) is 4.97. The molecular formula is C22H20N4O2S. The van der Waals surface area contributed by atoms with Crippen molar-refractivity contribution in [3.63, 3.8) is 0 Å². The van der Waals surface area contributed by atoms with E-state index in [9.17, 15) is 10.1 Å². The summed E-state index contributed by atoms with van der Waals surface area (Å²) in [5, 5.41) is 17.4. The van der Waals surface area contributed by atoms with Gasteiger partial charge >= 0.3 is 0 Å². The van der Waals surface area contributed by atoms with Crippen molar-refractivity contribution in [2.24, 2.45) is 0 Å². The average Bonchev–Trinajstić information content (AvgIpc) is 3.19. The van der Waals surface area contributed by atoms with Crippen LogP contribution >= 0.6 is 11.3 Å². The second kappa shape index (κ2) is 8.36. The highest BCUT2D eigenvalue weighted by atomic mass is 32.1. The normalized spacial score (nSPS) is 10.9. The van der Waals surface area contributed by atoms with Gasteiger partial charge in [0.05, 0.1) is 10.3 Å². The minimum Gasteiger partial charge on any atom is -0.340 e. The number of nitrogens with one attached hydrogen (secondary N) is 1. The predicted octanol–water partition coefficient (Wildman–Crippen LogP) is 6.35. The molecule has 6 nitrogen and oxygen atoms in total. The Bertz CT molecular complexity index is 1160. The van der Waals surface area contributed by atoms with Crippen LogP contribution in [0.25, 0.3) is 21.3 Å². The quantitative estimate of drug-likeness (QED) is 0.287. The maximum absolute atomic E-state index is 11.2. The second-order valence-corrected chi connectivity index (χ2v) is 7.64. The average molecular weight is 404 g/mol. The molecule has 0 atom stereocenters. The third kappa shape index (κ3) is 4.09. The van der Waals surface area contributed by atoms with Crippen molar-refractivity contribution < 1.29 is 4.92 Å². The highest BCUT2D eigenvalue weighted by Gasteiger charge is 2.15. The summed E-state index contributed by atoms with van der Waals surface area (Å²) in [6.45, 7) is 2.19. The Balaban J connectivity index is 1.70. The fourth-order valence-electron chi connectivity index (χ4n) is 3.24. The van der Waals surface area contributed by atoms with Crippen molar-refractivity contribution in [1.29, 1.82) is 0 Å². The molecule has 0 amide bonds. The number of fused-ring (bicyclic) bond motifs is 1. The molecule has 7 heteroatoms. The van der Waals surface area contributed by atoms with Gasteiger partial charge in [-0.25, -0.2) is 9.97 Å². The summed E-state index contributed by atoms with van der Waals surface area (Å²) in [4.78, 5) is 20.4. The summed E-state index contributed by atoms with van der Waals surface area (Å²) in [6, 6.07) is 15.0. The first-order valence-electron chi connectivity index (χ1n) is 9.48. The number of nitro benzene ring substituents is 1. The molecule has 0 fully saturated rings. The van der Waals surface area contributed by atoms with E-state index in [1.807, 2.05) is 11.4 Å². The van der Waals surface area contributed by atoms with Crippen LogP contribution in [-0.2, 0) is 6.42 Å². The molecule has 0 unspecified atom stereocenters.